The lowest BCUT2D eigenvalue weighted by molar-refractivity contribution is -0.921. The Bertz CT molecular complexity index is 402. The first-order valence-corrected chi connectivity index (χ1v) is 5.36. The van der Waals surface area contributed by atoms with Gasteiger partial charge in [-0.1, -0.05) is 5.10 Å². The van der Waals surface area contributed by atoms with E-state index in [9.17, 15) is 0 Å². The van der Waals surface area contributed by atoms with Crippen molar-refractivity contribution in [2.45, 2.75) is 0 Å². The maximum Gasteiger partial charge on any atom is 0.320 e. The minimum Gasteiger partial charge on any atom is -0.303 e. The topological polar surface area (TPSA) is 55.9 Å². The molecule has 0 aliphatic carbocycles. The quantitative estimate of drug-likeness (QED) is 0.593. The molecular weight excluding hydrogens is 206 g/mol. The number of nitrogens with zero attached hydrogens (tertiary/aromatic N) is 7. The molecule has 84 valence electrons. The van der Waals surface area contributed by atoms with E-state index in [0.29, 0.717) is 0 Å². The average Bonchev–Trinajstić information content (AvgIpc) is 2.74. The van der Waals surface area contributed by atoms with Crippen LogP contribution in [0.2, 0.25) is 0 Å². The van der Waals surface area contributed by atoms with Crippen molar-refractivity contribution in [2.24, 2.45) is 20.5 Å². The molecule has 3 heterocycles. The van der Waals surface area contributed by atoms with Crippen LogP contribution in [0.3, 0.4) is 0 Å². The van der Waals surface area contributed by atoms with Crippen LogP contribution in [-0.2, 0) is 0 Å². The van der Waals surface area contributed by atoms with Crippen LogP contribution in [-0.4, -0.2) is 59.9 Å². The molecule has 0 aromatic carbocycles. The summed E-state index contributed by atoms with van der Waals surface area (Å²) in [6.45, 7) is 3.97. The van der Waals surface area contributed by atoms with E-state index >= 15 is 0 Å². The molecule has 0 aromatic heterocycles. The molecule has 3 rings (SSSR count). The van der Waals surface area contributed by atoms with Crippen molar-refractivity contribution in [3.05, 3.63) is 12.4 Å². The zero-order chi connectivity index (χ0) is 11.0. The number of hydrogen-bond donors (Lipinski definition) is 0. The van der Waals surface area contributed by atoms with Gasteiger partial charge in [-0.05, 0) is 11.7 Å². The minimum absolute atomic E-state index is 0.261. The first kappa shape index (κ1) is 9.76. The summed E-state index contributed by atoms with van der Waals surface area (Å²) in [6, 6.07) is 0. The Labute approximate surface area is 93.6 Å². The largest absolute Gasteiger partial charge is 0.320 e. The number of fused-ring (bicyclic) bond motifs is 1. The van der Waals surface area contributed by atoms with E-state index in [1.807, 2.05) is 6.20 Å². The van der Waals surface area contributed by atoms with Gasteiger partial charge in [0.25, 0.3) is 0 Å². The number of hydrogen-bond acceptors (Lipinski definition) is 6. The van der Waals surface area contributed by atoms with Crippen molar-refractivity contribution >= 4 is 12.1 Å². The van der Waals surface area contributed by atoms with Gasteiger partial charge < -0.3 is 4.90 Å². The normalized spacial score (nSPS) is 34.2. The fourth-order valence-corrected chi connectivity index (χ4v) is 2.09. The highest BCUT2D eigenvalue weighted by molar-refractivity contribution is 6.26. The van der Waals surface area contributed by atoms with Crippen LogP contribution in [0.5, 0.6) is 0 Å². The van der Waals surface area contributed by atoms with Crippen LogP contribution >= 0.6 is 0 Å². The summed E-state index contributed by atoms with van der Waals surface area (Å²) in [7, 11) is 2.13. The van der Waals surface area contributed by atoms with E-state index in [1.54, 1.807) is 12.4 Å². The fraction of sp³-hybridized carbons (Fsp3) is 0.556. The second-order valence-electron chi connectivity index (χ2n) is 4.12. The summed E-state index contributed by atoms with van der Waals surface area (Å²) in [5.74, 6) is 0.770. The number of rotatable bonds is 1. The smallest absolute Gasteiger partial charge is 0.303 e. The van der Waals surface area contributed by atoms with E-state index in [0.717, 1.165) is 32.0 Å². The number of aliphatic imine (C=N–C) groups is 1. The number of amidine groups is 1. The van der Waals surface area contributed by atoms with E-state index < -0.39 is 0 Å². The molecule has 3 aliphatic rings. The third kappa shape index (κ3) is 1.33. The molecule has 0 N–H and O–H groups in total. The van der Waals surface area contributed by atoms with Crippen LogP contribution in [0.25, 0.3) is 0 Å². The molecule has 1 atom stereocenters. The second kappa shape index (κ2) is 3.55. The molecule has 0 bridgehead atoms. The third-order valence-electron chi connectivity index (χ3n) is 3.12. The zero-order valence-electron chi connectivity index (χ0n) is 9.19. The van der Waals surface area contributed by atoms with E-state index in [1.165, 1.54) is 0 Å². The second-order valence-corrected chi connectivity index (χ2v) is 4.12. The van der Waals surface area contributed by atoms with Crippen LogP contribution < -0.4 is 0 Å². The van der Waals surface area contributed by atoms with Crippen molar-refractivity contribution < 1.29 is 4.70 Å². The molecule has 1 unspecified atom stereocenters. The summed E-state index contributed by atoms with van der Waals surface area (Å²) in [5, 5.41) is 14.3. The fourth-order valence-electron chi connectivity index (χ4n) is 2.09. The summed E-state index contributed by atoms with van der Waals surface area (Å²) < 4.78 is 0.261. The van der Waals surface area contributed by atoms with Gasteiger partial charge in [0.05, 0.1) is 24.5 Å². The van der Waals surface area contributed by atoms with Gasteiger partial charge >= 0.3 is 5.84 Å². The van der Waals surface area contributed by atoms with Crippen molar-refractivity contribution in [3.63, 3.8) is 0 Å². The highest BCUT2D eigenvalue weighted by Gasteiger charge is 2.46. The molecule has 0 spiro atoms. The third-order valence-corrected chi connectivity index (χ3v) is 3.12. The van der Waals surface area contributed by atoms with Gasteiger partial charge in [0, 0.05) is 18.3 Å². The Morgan fingerprint density at radius 3 is 2.88 bits per heavy atom. The molecule has 3 aliphatic heterocycles. The predicted octanol–water partition coefficient (Wildman–Crippen LogP) is 0.216. The van der Waals surface area contributed by atoms with Crippen molar-refractivity contribution in [1.29, 1.82) is 0 Å². The van der Waals surface area contributed by atoms with Crippen LogP contribution in [0.4, 0.5) is 0 Å². The highest BCUT2D eigenvalue weighted by atomic mass is 16.0. The van der Waals surface area contributed by atoms with Crippen LogP contribution in [0, 0.1) is 0 Å². The summed E-state index contributed by atoms with van der Waals surface area (Å²) >= 11 is 0. The Morgan fingerprint density at radius 2 is 2.06 bits per heavy atom. The molecule has 16 heavy (non-hydrogen) atoms. The lowest BCUT2D eigenvalue weighted by atomic mass is 10.3. The van der Waals surface area contributed by atoms with Gasteiger partial charge in [-0.25, -0.2) is 0 Å². The molecule has 1 saturated heterocycles. The SMILES string of the molecule is CN1CCN([N+]23C=CN=CC2=NN=N3)CC1. The van der Waals surface area contributed by atoms with E-state index in [4.69, 9.17) is 0 Å². The molecule has 0 saturated carbocycles. The molecule has 7 heteroatoms. The zero-order valence-corrected chi connectivity index (χ0v) is 9.19. The Kier molecular flexibility index (Phi) is 2.16. The Balaban J connectivity index is 1.88. The van der Waals surface area contributed by atoms with Gasteiger partial charge in [0.2, 0.25) is 0 Å². The molecule has 0 radical (unpaired) electrons. The lowest BCUT2D eigenvalue weighted by Crippen LogP contribution is -2.61. The number of likely N-dealkylation sites (N-methyl/N-ethyl adjacent to an activating group) is 1. The molecule has 0 aromatic rings. The van der Waals surface area contributed by atoms with Gasteiger partial charge in [-0.15, -0.1) is 5.01 Å². The monoisotopic (exact) mass is 220 g/mol. The predicted molar refractivity (Wildman–Crippen MR) is 59.3 cm³/mol. The summed E-state index contributed by atoms with van der Waals surface area (Å²) in [6.07, 6.45) is 5.39. The van der Waals surface area contributed by atoms with Crippen molar-refractivity contribution in [3.8, 4) is 0 Å². The molecule has 0 amide bonds. The highest BCUT2D eigenvalue weighted by Crippen LogP contribution is 2.25. The molecule has 1 fully saturated rings. The average molecular weight is 220 g/mol. The molecular formula is C9H14N7+. The lowest BCUT2D eigenvalue weighted by Gasteiger charge is -2.38. The molecule has 7 nitrogen and oxygen atoms in total. The first-order chi connectivity index (χ1) is 7.81. The van der Waals surface area contributed by atoms with Gasteiger partial charge in [0.1, 0.15) is 6.21 Å². The summed E-state index contributed by atoms with van der Waals surface area (Å²) in [4.78, 5) is 6.37. The maximum absolute atomic E-state index is 4.23. The van der Waals surface area contributed by atoms with Gasteiger partial charge in [-0.3, -0.25) is 4.99 Å². The number of quaternary nitrogens is 1. The Hall–Kier alpha value is -1.44. The van der Waals surface area contributed by atoms with E-state index in [2.05, 4.69) is 37.5 Å². The standard InChI is InChI=1S/C9H14N7/c1-14-3-5-15(6-4-14)16-7-2-10-8-9(16)11-12-13-16/h2,7-8H,3-6H2,1H3/q+1. The maximum atomic E-state index is 4.23. The first-order valence-electron chi connectivity index (χ1n) is 5.36. The van der Waals surface area contributed by atoms with Gasteiger partial charge in [-0.2, -0.15) is 0 Å². The van der Waals surface area contributed by atoms with Crippen molar-refractivity contribution in [1.82, 2.24) is 9.91 Å². The van der Waals surface area contributed by atoms with Crippen molar-refractivity contribution in [2.75, 3.05) is 33.2 Å². The summed E-state index contributed by atoms with van der Waals surface area (Å²) in [5.41, 5.74) is 0. The minimum atomic E-state index is 0.261. The number of piperazine rings is 1. The Morgan fingerprint density at radius 1 is 1.25 bits per heavy atom. The van der Waals surface area contributed by atoms with Crippen LogP contribution in [0.15, 0.2) is 32.9 Å². The van der Waals surface area contributed by atoms with Gasteiger partial charge in [0.15, 0.2) is 6.20 Å². The van der Waals surface area contributed by atoms with E-state index in [-0.39, 0.29) is 4.70 Å². The van der Waals surface area contributed by atoms with Crippen LogP contribution in [0.1, 0.15) is 0 Å².